The Labute approximate surface area is 170 Å². The second kappa shape index (κ2) is 10.0. The first kappa shape index (κ1) is 20.1. The van der Waals surface area contributed by atoms with E-state index < -0.39 is 0 Å². The highest BCUT2D eigenvalue weighted by molar-refractivity contribution is 7.16. The number of hydrogen-bond donors (Lipinski definition) is 2. The second-order valence-corrected chi connectivity index (χ2v) is 7.39. The Morgan fingerprint density at radius 1 is 1.46 bits per heavy atom. The largest absolute Gasteiger partial charge is 0.378 e. The Morgan fingerprint density at radius 2 is 2.29 bits per heavy atom. The lowest BCUT2D eigenvalue weighted by Gasteiger charge is -2.28. The molecular weight excluding hydrogens is 370 g/mol. The molecule has 7 heteroatoms. The normalized spacial score (nSPS) is 16.2. The summed E-state index contributed by atoms with van der Waals surface area (Å²) in [6, 6.07) is 4.06. The zero-order valence-corrected chi connectivity index (χ0v) is 16.8. The number of nitrogens with two attached hydrogens (primary N) is 1. The SMILES string of the molecule is C#CC(/C=C/CN)/C=C(\C)c1cnc(Nc2cc(N3CCOCC3)ccn2)s1. The smallest absolute Gasteiger partial charge is 0.188 e. The predicted molar refractivity (Wildman–Crippen MR) is 117 cm³/mol. The Hall–Kier alpha value is -2.66. The van der Waals surface area contributed by atoms with Crippen molar-refractivity contribution in [1.29, 1.82) is 0 Å². The summed E-state index contributed by atoms with van der Waals surface area (Å²) < 4.78 is 5.42. The summed E-state index contributed by atoms with van der Waals surface area (Å²) in [4.78, 5) is 12.2. The van der Waals surface area contributed by atoms with Crippen LogP contribution in [0.5, 0.6) is 0 Å². The fourth-order valence-corrected chi connectivity index (χ4v) is 3.67. The van der Waals surface area contributed by atoms with Crippen molar-refractivity contribution in [2.45, 2.75) is 6.92 Å². The van der Waals surface area contributed by atoms with Gasteiger partial charge in [0.1, 0.15) is 5.82 Å². The number of rotatable bonds is 7. The summed E-state index contributed by atoms with van der Waals surface area (Å²) in [7, 11) is 0. The topological polar surface area (TPSA) is 76.3 Å². The fraction of sp³-hybridized carbons (Fsp3) is 0.333. The van der Waals surface area contributed by atoms with Crippen LogP contribution in [0.25, 0.3) is 5.57 Å². The average Bonchev–Trinajstić information content (AvgIpc) is 3.20. The third-order valence-corrected chi connectivity index (χ3v) is 5.40. The number of aromatic nitrogens is 2. The van der Waals surface area contributed by atoms with Gasteiger partial charge in [-0.2, -0.15) is 0 Å². The number of thiazole rings is 1. The van der Waals surface area contributed by atoms with Crippen LogP contribution in [0.15, 0.2) is 42.8 Å². The van der Waals surface area contributed by atoms with Crippen LogP contribution in [0.2, 0.25) is 0 Å². The van der Waals surface area contributed by atoms with Gasteiger partial charge in [0.2, 0.25) is 0 Å². The number of nitrogens with one attached hydrogen (secondary N) is 1. The lowest BCUT2D eigenvalue weighted by molar-refractivity contribution is 0.122. The number of allylic oxidation sites excluding steroid dienone is 3. The molecule has 3 heterocycles. The van der Waals surface area contributed by atoms with Gasteiger partial charge in [-0.25, -0.2) is 9.97 Å². The zero-order valence-electron chi connectivity index (χ0n) is 16.0. The number of ether oxygens (including phenoxy) is 1. The summed E-state index contributed by atoms with van der Waals surface area (Å²) in [5.41, 5.74) is 7.73. The molecule has 2 aromatic rings. The highest BCUT2D eigenvalue weighted by Gasteiger charge is 2.12. The monoisotopic (exact) mass is 395 g/mol. The van der Waals surface area contributed by atoms with Crippen LogP contribution in [0.4, 0.5) is 16.6 Å². The molecule has 3 rings (SSSR count). The molecular formula is C21H25N5OS. The van der Waals surface area contributed by atoms with E-state index in [2.05, 4.69) is 26.1 Å². The first-order valence-corrected chi connectivity index (χ1v) is 10.0. The van der Waals surface area contributed by atoms with Crippen LogP contribution in [-0.4, -0.2) is 42.8 Å². The number of anilines is 3. The van der Waals surface area contributed by atoms with Gasteiger partial charge in [0.15, 0.2) is 5.13 Å². The molecule has 1 aliphatic rings. The van der Waals surface area contributed by atoms with E-state index in [1.807, 2.05) is 49.7 Å². The van der Waals surface area contributed by atoms with E-state index in [1.54, 1.807) is 11.3 Å². The van der Waals surface area contributed by atoms with E-state index in [9.17, 15) is 0 Å². The van der Waals surface area contributed by atoms with Crippen LogP contribution in [0.1, 0.15) is 11.8 Å². The molecule has 1 saturated heterocycles. The number of terminal acetylenes is 1. The molecule has 1 atom stereocenters. The Kier molecular flexibility index (Phi) is 7.20. The van der Waals surface area contributed by atoms with E-state index in [0.29, 0.717) is 6.54 Å². The average molecular weight is 396 g/mol. The molecule has 0 saturated carbocycles. The van der Waals surface area contributed by atoms with E-state index in [-0.39, 0.29) is 5.92 Å². The van der Waals surface area contributed by atoms with Gasteiger partial charge >= 0.3 is 0 Å². The maximum absolute atomic E-state index is 5.59. The van der Waals surface area contributed by atoms with Crippen LogP contribution in [-0.2, 0) is 4.74 Å². The Balaban J connectivity index is 1.69. The number of morpholine rings is 1. The molecule has 3 N–H and O–H groups in total. The third-order valence-electron chi connectivity index (χ3n) is 4.35. The van der Waals surface area contributed by atoms with Crippen LogP contribution in [0, 0.1) is 18.3 Å². The highest BCUT2D eigenvalue weighted by atomic mass is 32.1. The second-order valence-electron chi connectivity index (χ2n) is 6.36. The minimum absolute atomic E-state index is 0.0751. The minimum atomic E-state index is -0.0751. The first-order chi connectivity index (χ1) is 13.7. The van der Waals surface area contributed by atoms with Crippen molar-refractivity contribution >= 4 is 33.5 Å². The van der Waals surface area contributed by atoms with E-state index in [1.165, 1.54) is 0 Å². The van der Waals surface area contributed by atoms with Crippen LogP contribution < -0.4 is 16.0 Å². The summed E-state index contributed by atoms with van der Waals surface area (Å²) in [6.45, 7) is 5.82. The van der Waals surface area contributed by atoms with Crippen molar-refractivity contribution < 1.29 is 4.74 Å². The maximum Gasteiger partial charge on any atom is 0.188 e. The molecule has 28 heavy (non-hydrogen) atoms. The summed E-state index contributed by atoms with van der Waals surface area (Å²) in [6.07, 6.45) is 15.1. The van der Waals surface area contributed by atoms with Crippen molar-refractivity contribution in [3.63, 3.8) is 0 Å². The lowest BCUT2D eigenvalue weighted by Crippen LogP contribution is -2.36. The van der Waals surface area contributed by atoms with Crippen molar-refractivity contribution in [3.05, 3.63) is 47.6 Å². The quantitative estimate of drug-likeness (QED) is 0.553. The molecule has 1 aliphatic heterocycles. The van der Waals surface area contributed by atoms with Gasteiger partial charge in [-0.05, 0) is 18.6 Å². The molecule has 1 unspecified atom stereocenters. The molecule has 0 aliphatic carbocycles. The van der Waals surface area contributed by atoms with Crippen molar-refractivity contribution in [1.82, 2.24) is 9.97 Å². The molecule has 0 amide bonds. The van der Waals surface area contributed by atoms with Crippen LogP contribution in [0.3, 0.4) is 0 Å². The van der Waals surface area contributed by atoms with Gasteiger partial charge in [0.05, 0.1) is 24.0 Å². The summed E-state index contributed by atoms with van der Waals surface area (Å²) in [5.74, 6) is 3.45. The highest BCUT2D eigenvalue weighted by Crippen LogP contribution is 2.29. The standard InChI is InChI=1S/C21H25N5OS/c1-3-17(5-4-7-22)13-16(2)19-15-24-21(28-19)25-20-14-18(6-8-23-20)26-9-11-27-12-10-26/h1,4-6,8,13-15,17H,7,9-12,22H2,2H3,(H,23,24,25)/b5-4+,16-13+. The fourth-order valence-electron chi connectivity index (χ4n) is 2.87. The number of nitrogens with zero attached hydrogens (tertiary/aromatic N) is 3. The van der Waals surface area contributed by atoms with Gasteiger partial charge in [0, 0.05) is 43.8 Å². The Bertz CT molecular complexity index is 877. The molecule has 146 valence electrons. The number of hydrogen-bond acceptors (Lipinski definition) is 7. The number of pyridine rings is 1. The molecule has 0 bridgehead atoms. The maximum atomic E-state index is 5.59. The lowest BCUT2D eigenvalue weighted by atomic mass is 10.1. The third kappa shape index (κ3) is 5.42. The van der Waals surface area contributed by atoms with Gasteiger partial charge in [-0.3, -0.25) is 0 Å². The van der Waals surface area contributed by atoms with Crippen LogP contribution >= 0.6 is 11.3 Å². The zero-order chi connectivity index (χ0) is 19.8. The molecule has 2 aromatic heterocycles. The summed E-state index contributed by atoms with van der Waals surface area (Å²) >= 11 is 1.57. The van der Waals surface area contributed by atoms with Gasteiger partial charge < -0.3 is 20.7 Å². The first-order valence-electron chi connectivity index (χ1n) is 9.23. The van der Waals surface area contributed by atoms with Gasteiger partial charge in [-0.1, -0.05) is 35.5 Å². The van der Waals surface area contributed by atoms with Crippen molar-refractivity contribution in [3.8, 4) is 12.3 Å². The van der Waals surface area contributed by atoms with E-state index in [4.69, 9.17) is 16.9 Å². The van der Waals surface area contributed by atoms with E-state index in [0.717, 1.165) is 53.4 Å². The molecule has 0 spiro atoms. The van der Waals surface area contributed by atoms with Gasteiger partial charge in [-0.15, -0.1) is 6.42 Å². The molecule has 1 fully saturated rings. The minimum Gasteiger partial charge on any atom is -0.378 e. The molecule has 6 nitrogen and oxygen atoms in total. The van der Waals surface area contributed by atoms with Crippen molar-refractivity contribution in [2.24, 2.45) is 11.7 Å². The summed E-state index contributed by atoms with van der Waals surface area (Å²) in [5, 5.41) is 4.10. The van der Waals surface area contributed by atoms with Crippen molar-refractivity contribution in [2.75, 3.05) is 43.1 Å². The predicted octanol–water partition coefficient (Wildman–Crippen LogP) is 3.29. The van der Waals surface area contributed by atoms with Gasteiger partial charge in [0.25, 0.3) is 0 Å². The molecule has 0 aromatic carbocycles. The van der Waals surface area contributed by atoms with E-state index >= 15 is 0 Å². The molecule has 0 radical (unpaired) electrons. The Morgan fingerprint density at radius 3 is 3.04 bits per heavy atom.